The number of carbonyl (C=O) groups is 2. The zero-order valence-electron chi connectivity index (χ0n) is 15.4. The Labute approximate surface area is 161 Å². The summed E-state index contributed by atoms with van der Waals surface area (Å²) >= 11 is 0. The van der Waals surface area contributed by atoms with E-state index in [0.717, 1.165) is 11.1 Å². The number of hydrogen-bond donors (Lipinski definition) is 1. The minimum atomic E-state index is -0.699. The highest BCUT2D eigenvalue weighted by Crippen LogP contribution is 2.35. The molecular formula is C19H21FN4O4. The van der Waals surface area contributed by atoms with Crippen LogP contribution in [0.5, 0.6) is 5.75 Å². The van der Waals surface area contributed by atoms with Crippen LogP contribution in [0.4, 0.5) is 15.0 Å². The van der Waals surface area contributed by atoms with Crippen LogP contribution in [-0.2, 0) is 22.5 Å². The molecule has 2 aliphatic heterocycles. The molecule has 0 aliphatic carbocycles. The first kappa shape index (κ1) is 18.3. The van der Waals surface area contributed by atoms with E-state index in [9.17, 15) is 14.0 Å². The van der Waals surface area contributed by atoms with Crippen molar-refractivity contribution in [2.24, 2.45) is 11.7 Å². The maximum Gasteiger partial charge on any atom is 0.416 e. The fraction of sp³-hybridized carbons (Fsp3) is 0.421. The van der Waals surface area contributed by atoms with Crippen molar-refractivity contribution in [1.29, 1.82) is 0 Å². The molecule has 0 radical (unpaired) electrons. The molecule has 1 saturated heterocycles. The van der Waals surface area contributed by atoms with Crippen molar-refractivity contribution in [1.82, 2.24) is 9.55 Å². The quantitative estimate of drug-likeness (QED) is 0.843. The van der Waals surface area contributed by atoms with Gasteiger partial charge in [-0.15, -0.1) is 0 Å². The first-order chi connectivity index (χ1) is 13.5. The van der Waals surface area contributed by atoms with Crippen molar-refractivity contribution in [2.75, 3.05) is 24.8 Å². The van der Waals surface area contributed by atoms with Crippen LogP contribution < -0.4 is 15.4 Å². The van der Waals surface area contributed by atoms with Crippen molar-refractivity contribution >= 4 is 17.8 Å². The number of nitrogens with zero attached hydrogens (tertiary/aromatic N) is 3. The number of aromatic nitrogens is 2. The zero-order valence-corrected chi connectivity index (χ0v) is 15.4. The average Bonchev–Trinajstić information content (AvgIpc) is 3.20. The molecule has 0 spiro atoms. The number of primary amides is 1. The number of imidazole rings is 1. The summed E-state index contributed by atoms with van der Waals surface area (Å²) in [5.41, 5.74) is 7.06. The van der Waals surface area contributed by atoms with Crippen molar-refractivity contribution in [2.45, 2.75) is 25.9 Å². The first-order valence-electron chi connectivity index (χ1n) is 9.12. The van der Waals surface area contributed by atoms with Gasteiger partial charge in [-0.25, -0.2) is 14.2 Å². The van der Waals surface area contributed by atoms with Crippen LogP contribution in [0, 0.1) is 5.92 Å². The minimum Gasteiger partial charge on any atom is -0.491 e. The average molecular weight is 388 g/mol. The van der Waals surface area contributed by atoms with Gasteiger partial charge < -0.3 is 19.8 Å². The van der Waals surface area contributed by atoms with Gasteiger partial charge in [-0.3, -0.25) is 9.69 Å². The maximum atomic E-state index is 13.2. The summed E-state index contributed by atoms with van der Waals surface area (Å²) in [5, 5.41) is 0. The Morgan fingerprint density at radius 1 is 1.43 bits per heavy atom. The number of cyclic esters (lactones) is 1. The number of fused-ring (bicyclic) bond motifs is 3. The molecule has 1 aromatic heterocycles. The van der Waals surface area contributed by atoms with Crippen molar-refractivity contribution in [3.8, 4) is 17.1 Å². The summed E-state index contributed by atoms with van der Waals surface area (Å²) in [6.07, 6.45) is 1.64. The van der Waals surface area contributed by atoms with Crippen LogP contribution in [0.2, 0.25) is 0 Å². The van der Waals surface area contributed by atoms with Crippen LogP contribution in [0.25, 0.3) is 11.4 Å². The number of nitrogens with two attached hydrogens (primary N) is 1. The van der Waals surface area contributed by atoms with E-state index < -0.39 is 18.8 Å². The molecule has 1 fully saturated rings. The molecule has 0 unspecified atom stereocenters. The van der Waals surface area contributed by atoms with E-state index in [0.29, 0.717) is 37.0 Å². The Hall–Kier alpha value is -3.10. The van der Waals surface area contributed by atoms with Gasteiger partial charge in [0.15, 0.2) is 5.82 Å². The topological polar surface area (TPSA) is 99.7 Å². The van der Waals surface area contributed by atoms with Crippen molar-refractivity contribution in [3.05, 3.63) is 30.0 Å². The Kier molecular flexibility index (Phi) is 4.66. The minimum absolute atomic E-state index is 0.0125. The van der Waals surface area contributed by atoms with E-state index >= 15 is 0 Å². The van der Waals surface area contributed by atoms with E-state index in [1.165, 1.54) is 4.90 Å². The van der Waals surface area contributed by atoms with E-state index in [-0.39, 0.29) is 18.4 Å². The summed E-state index contributed by atoms with van der Waals surface area (Å²) in [6, 6.07) is 4.99. The summed E-state index contributed by atoms with van der Waals surface area (Å²) in [6.45, 7) is 2.05. The third kappa shape index (κ3) is 3.17. The monoisotopic (exact) mass is 388 g/mol. The number of amides is 2. The molecular weight excluding hydrogens is 367 g/mol. The van der Waals surface area contributed by atoms with Crippen LogP contribution in [0.3, 0.4) is 0 Å². The highest BCUT2D eigenvalue weighted by molar-refractivity contribution is 5.89. The molecule has 2 aliphatic rings. The number of benzene rings is 1. The van der Waals surface area contributed by atoms with Gasteiger partial charge in [0.2, 0.25) is 5.91 Å². The lowest BCUT2D eigenvalue weighted by Crippen LogP contribution is -2.35. The largest absolute Gasteiger partial charge is 0.491 e. The number of ether oxygens (including phenoxy) is 2. The van der Waals surface area contributed by atoms with Crippen LogP contribution in [0.15, 0.2) is 24.4 Å². The Bertz CT molecular complexity index is 929. The second kappa shape index (κ2) is 7.14. The predicted molar refractivity (Wildman–Crippen MR) is 98.8 cm³/mol. The fourth-order valence-corrected chi connectivity index (χ4v) is 3.46. The third-order valence-corrected chi connectivity index (χ3v) is 5.05. The Morgan fingerprint density at radius 3 is 3.00 bits per heavy atom. The number of anilines is 1. The Morgan fingerprint density at radius 2 is 2.25 bits per heavy atom. The summed E-state index contributed by atoms with van der Waals surface area (Å²) in [5.74, 6) is 1.01. The van der Waals surface area contributed by atoms with Gasteiger partial charge in [0.25, 0.3) is 0 Å². The summed E-state index contributed by atoms with van der Waals surface area (Å²) < 4.78 is 25.9. The van der Waals surface area contributed by atoms with Gasteiger partial charge in [-0.2, -0.15) is 0 Å². The van der Waals surface area contributed by atoms with Gasteiger partial charge >= 0.3 is 6.09 Å². The Balaban J connectivity index is 1.68. The predicted octanol–water partition coefficient (Wildman–Crippen LogP) is 1.90. The molecule has 0 bridgehead atoms. The normalized spacial score (nSPS) is 19.3. The number of alkyl halides is 1. The summed E-state index contributed by atoms with van der Waals surface area (Å²) in [7, 11) is 0. The lowest BCUT2D eigenvalue weighted by molar-refractivity contribution is -0.121. The molecule has 28 heavy (non-hydrogen) atoms. The molecule has 2 N–H and O–H groups in total. The van der Waals surface area contributed by atoms with E-state index in [1.807, 2.05) is 22.8 Å². The van der Waals surface area contributed by atoms with E-state index in [1.54, 1.807) is 13.1 Å². The molecule has 2 atom stereocenters. The lowest BCUT2D eigenvalue weighted by Gasteiger charge is -2.15. The van der Waals surface area contributed by atoms with Crippen LogP contribution in [-0.4, -0.2) is 47.5 Å². The van der Waals surface area contributed by atoms with Crippen molar-refractivity contribution < 1.29 is 23.5 Å². The second-order valence-corrected chi connectivity index (χ2v) is 7.06. The van der Waals surface area contributed by atoms with Gasteiger partial charge in [-0.1, -0.05) is 13.0 Å². The van der Waals surface area contributed by atoms with Gasteiger partial charge in [0.05, 0.1) is 12.1 Å². The summed E-state index contributed by atoms with van der Waals surface area (Å²) in [4.78, 5) is 29.1. The molecule has 2 aromatic rings. The number of rotatable bonds is 5. The third-order valence-electron chi connectivity index (χ3n) is 5.05. The molecule has 148 valence electrons. The second-order valence-electron chi connectivity index (χ2n) is 7.06. The lowest BCUT2D eigenvalue weighted by atomic mass is 9.99. The molecule has 4 rings (SSSR count). The molecule has 3 heterocycles. The highest BCUT2D eigenvalue weighted by Gasteiger charge is 2.36. The fourth-order valence-electron chi connectivity index (χ4n) is 3.46. The highest BCUT2D eigenvalue weighted by atomic mass is 19.1. The van der Waals surface area contributed by atoms with Gasteiger partial charge in [0.1, 0.15) is 37.5 Å². The van der Waals surface area contributed by atoms with Gasteiger partial charge in [0, 0.05) is 12.1 Å². The maximum absolute atomic E-state index is 13.2. The zero-order chi connectivity index (χ0) is 19.8. The number of carbonyl (C=O) groups excluding carboxylic acids is 2. The van der Waals surface area contributed by atoms with Crippen LogP contribution in [0.1, 0.15) is 12.5 Å². The van der Waals surface area contributed by atoms with E-state index in [2.05, 4.69) is 4.98 Å². The molecule has 2 amide bonds. The van der Waals surface area contributed by atoms with Crippen molar-refractivity contribution in [3.63, 3.8) is 0 Å². The first-order valence-corrected chi connectivity index (χ1v) is 9.12. The smallest absolute Gasteiger partial charge is 0.416 e. The SMILES string of the molecule is C[C@H](Cc1ccc2c(c1)OCCn1cc(N3C(=O)OC[C@H]3CF)nc1-2)C(N)=O. The molecule has 1 aromatic carbocycles. The van der Waals surface area contributed by atoms with Gasteiger partial charge in [-0.05, 0) is 24.1 Å². The van der Waals surface area contributed by atoms with E-state index in [4.69, 9.17) is 15.2 Å². The molecule has 8 nitrogen and oxygen atoms in total. The number of hydrogen-bond acceptors (Lipinski definition) is 5. The number of halogens is 1. The molecule has 0 saturated carbocycles. The van der Waals surface area contributed by atoms with Crippen LogP contribution >= 0.6 is 0 Å². The standard InChI is InChI=1S/C19H21FN4O4/c1-11(17(21)25)6-12-2-3-14-15(7-12)27-5-4-23-9-16(22-18(14)23)24-13(8-20)10-28-19(24)26/h2-3,7,9,11,13H,4-6,8,10H2,1H3,(H2,21,25)/t11-,13-/m1/s1. The molecule has 9 heteroatoms.